The van der Waals surface area contributed by atoms with Gasteiger partial charge in [-0.1, -0.05) is 12.1 Å². The third-order valence-electron chi connectivity index (χ3n) is 4.98. The molecule has 27 heavy (non-hydrogen) atoms. The van der Waals surface area contributed by atoms with Crippen molar-refractivity contribution in [3.63, 3.8) is 0 Å². The number of benzene rings is 2. The molecular weight excluding hydrogens is 348 g/mol. The molecule has 0 radical (unpaired) electrons. The summed E-state index contributed by atoms with van der Waals surface area (Å²) in [6.07, 6.45) is 3.41. The minimum absolute atomic E-state index is 0.197. The van der Waals surface area contributed by atoms with Crippen molar-refractivity contribution in [2.45, 2.75) is 32.2 Å². The SMILES string of the molecule is Cc1cc(C2CCc3nc(C(=O)Nc4ccc(F)cc4)cn3C2)ccc1F. The van der Waals surface area contributed by atoms with Gasteiger partial charge >= 0.3 is 0 Å². The van der Waals surface area contributed by atoms with Crippen molar-refractivity contribution in [1.82, 2.24) is 9.55 Å². The minimum Gasteiger partial charge on any atom is -0.333 e. The van der Waals surface area contributed by atoms with Crippen LogP contribution in [0.3, 0.4) is 0 Å². The maximum Gasteiger partial charge on any atom is 0.275 e. The van der Waals surface area contributed by atoms with Crippen LogP contribution >= 0.6 is 0 Å². The standard InChI is InChI=1S/C21H19F2N3O/c1-13-10-14(2-8-18(13)23)15-3-9-20-25-19(12-26(20)11-15)21(27)24-17-6-4-16(22)5-7-17/h2,4-8,10,12,15H,3,9,11H2,1H3,(H,24,27). The molecule has 1 N–H and O–H groups in total. The molecule has 6 heteroatoms. The molecule has 1 aliphatic rings. The summed E-state index contributed by atoms with van der Waals surface area (Å²) in [4.78, 5) is 16.9. The second-order valence-electron chi connectivity index (χ2n) is 6.90. The molecule has 0 fully saturated rings. The van der Waals surface area contributed by atoms with Crippen molar-refractivity contribution in [3.05, 3.63) is 82.9 Å². The lowest BCUT2D eigenvalue weighted by Crippen LogP contribution is -2.18. The van der Waals surface area contributed by atoms with E-state index in [-0.39, 0.29) is 23.5 Å². The monoisotopic (exact) mass is 367 g/mol. The molecule has 1 atom stereocenters. The Morgan fingerprint density at radius 1 is 1.19 bits per heavy atom. The highest BCUT2D eigenvalue weighted by atomic mass is 19.1. The van der Waals surface area contributed by atoms with E-state index in [0.717, 1.165) is 24.2 Å². The first kappa shape index (κ1) is 17.4. The highest BCUT2D eigenvalue weighted by Gasteiger charge is 2.24. The van der Waals surface area contributed by atoms with E-state index < -0.39 is 0 Å². The lowest BCUT2D eigenvalue weighted by Gasteiger charge is -2.24. The van der Waals surface area contributed by atoms with Crippen LogP contribution in [-0.2, 0) is 13.0 Å². The number of fused-ring (bicyclic) bond motifs is 1. The van der Waals surface area contributed by atoms with E-state index in [1.54, 1.807) is 13.1 Å². The Kier molecular flexibility index (Phi) is 4.48. The number of nitrogens with zero attached hydrogens (tertiary/aromatic N) is 2. The molecule has 2 heterocycles. The van der Waals surface area contributed by atoms with Crippen LogP contribution in [0.25, 0.3) is 0 Å². The number of carbonyl (C=O) groups excluding carboxylic acids is 1. The zero-order chi connectivity index (χ0) is 19.0. The molecule has 138 valence electrons. The number of hydrogen-bond donors (Lipinski definition) is 1. The van der Waals surface area contributed by atoms with Crippen LogP contribution in [0, 0.1) is 18.6 Å². The topological polar surface area (TPSA) is 46.9 Å². The van der Waals surface area contributed by atoms with Gasteiger partial charge in [0.15, 0.2) is 0 Å². The summed E-state index contributed by atoms with van der Waals surface area (Å²) in [7, 11) is 0. The van der Waals surface area contributed by atoms with E-state index >= 15 is 0 Å². The predicted molar refractivity (Wildman–Crippen MR) is 98.8 cm³/mol. The van der Waals surface area contributed by atoms with E-state index in [2.05, 4.69) is 10.3 Å². The van der Waals surface area contributed by atoms with Gasteiger partial charge in [0.2, 0.25) is 0 Å². The average molecular weight is 367 g/mol. The number of hydrogen-bond acceptors (Lipinski definition) is 2. The van der Waals surface area contributed by atoms with Gasteiger partial charge in [-0.25, -0.2) is 13.8 Å². The fraction of sp³-hybridized carbons (Fsp3) is 0.238. The molecule has 1 amide bonds. The Balaban J connectivity index is 1.50. The number of carbonyl (C=O) groups is 1. The van der Waals surface area contributed by atoms with E-state index in [1.807, 2.05) is 16.7 Å². The third kappa shape index (κ3) is 3.60. The van der Waals surface area contributed by atoms with Gasteiger partial charge in [0.1, 0.15) is 23.2 Å². The molecule has 0 aliphatic carbocycles. The summed E-state index contributed by atoms with van der Waals surface area (Å²) in [6.45, 7) is 2.47. The number of rotatable bonds is 3. The Morgan fingerprint density at radius 3 is 2.70 bits per heavy atom. The third-order valence-corrected chi connectivity index (χ3v) is 4.98. The summed E-state index contributed by atoms with van der Waals surface area (Å²) < 4.78 is 28.5. The van der Waals surface area contributed by atoms with Crippen molar-refractivity contribution >= 4 is 11.6 Å². The first-order valence-electron chi connectivity index (χ1n) is 8.88. The quantitative estimate of drug-likeness (QED) is 0.743. The molecule has 2 aromatic carbocycles. The smallest absolute Gasteiger partial charge is 0.275 e. The molecule has 4 rings (SSSR count). The van der Waals surface area contributed by atoms with Gasteiger partial charge < -0.3 is 9.88 Å². The molecule has 1 aliphatic heterocycles. The first-order valence-corrected chi connectivity index (χ1v) is 8.88. The molecule has 1 aromatic heterocycles. The van der Waals surface area contributed by atoms with Crippen molar-refractivity contribution in [2.75, 3.05) is 5.32 Å². The number of aryl methyl sites for hydroxylation is 2. The van der Waals surface area contributed by atoms with Crippen LogP contribution in [0.15, 0.2) is 48.7 Å². The molecule has 0 bridgehead atoms. The Labute approximate surface area is 155 Å². The van der Waals surface area contributed by atoms with Gasteiger partial charge in [0.25, 0.3) is 5.91 Å². The molecule has 0 saturated carbocycles. The van der Waals surface area contributed by atoms with Gasteiger partial charge in [0.05, 0.1) is 0 Å². The van der Waals surface area contributed by atoms with Crippen molar-refractivity contribution in [3.8, 4) is 0 Å². The Hall–Kier alpha value is -3.02. The Morgan fingerprint density at radius 2 is 1.96 bits per heavy atom. The van der Waals surface area contributed by atoms with E-state index in [9.17, 15) is 13.6 Å². The number of imidazole rings is 1. The van der Waals surface area contributed by atoms with Crippen LogP contribution in [-0.4, -0.2) is 15.5 Å². The largest absolute Gasteiger partial charge is 0.333 e. The summed E-state index contributed by atoms with van der Waals surface area (Å²) in [6, 6.07) is 10.8. The number of halogens is 2. The van der Waals surface area contributed by atoms with Crippen molar-refractivity contribution < 1.29 is 13.6 Å². The summed E-state index contributed by atoms with van der Waals surface area (Å²) in [5, 5.41) is 2.73. The molecular formula is C21H19F2N3O. The number of anilines is 1. The van der Waals surface area contributed by atoms with Gasteiger partial charge in [-0.3, -0.25) is 4.79 Å². The summed E-state index contributed by atoms with van der Waals surface area (Å²) in [5.74, 6) is 0.260. The van der Waals surface area contributed by atoms with E-state index in [4.69, 9.17) is 0 Å². The first-order chi connectivity index (χ1) is 13.0. The number of nitrogens with one attached hydrogen (secondary N) is 1. The highest BCUT2D eigenvalue weighted by Crippen LogP contribution is 2.30. The van der Waals surface area contributed by atoms with Crippen LogP contribution in [0.1, 0.15) is 39.8 Å². The van der Waals surface area contributed by atoms with Gasteiger partial charge in [-0.2, -0.15) is 0 Å². The zero-order valence-electron chi connectivity index (χ0n) is 14.9. The van der Waals surface area contributed by atoms with Crippen LogP contribution in [0.5, 0.6) is 0 Å². The minimum atomic E-state index is -0.354. The van der Waals surface area contributed by atoms with Gasteiger partial charge in [-0.15, -0.1) is 0 Å². The normalized spacial score (nSPS) is 16.0. The molecule has 3 aromatic rings. The maximum atomic E-state index is 13.5. The number of aromatic nitrogens is 2. The summed E-state index contributed by atoms with van der Waals surface area (Å²) >= 11 is 0. The molecule has 4 nitrogen and oxygen atoms in total. The van der Waals surface area contributed by atoms with E-state index in [1.165, 1.54) is 30.3 Å². The molecule has 0 saturated heterocycles. The maximum absolute atomic E-state index is 13.5. The zero-order valence-corrected chi connectivity index (χ0v) is 14.9. The highest BCUT2D eigenvalue weighted by molar-refractivity contribution is 6.02. The lowest BCUT2D eigenvalue weighted by atomic mass is 9.90. The van der Waals surface area contributed by atoms with Gasteiger partial charge in [-0.05, 0) is 54.8 Å². The fourth-order valence-corrected chi connectivity index (χ4v) is 3.48. The molecule has 1 unspecified atom stereocenters. The molecule has 0 spiro atoms. The number of amides is 1. The van der Waals surface area contributed by atoms with Crippen molar-refractivity contribution in [1.29, 1.82) is 0 Å². The fourth-order valence-electron chi connectivity index (χ4n) is 3.48. The second-order valence-corrected chi connectivity index (χ2v) is 6.90. The predicted octanol–water partition coefficient (Wildman–Crippen LogP) is 4.45. The Bertz CT molecular complexity index is 995. The van der Waals surface area contributed by atoms with Crippen molar-refractivity contribution in [2.24, 2.45) is 0 Å². The second kappa shape index (κ2) is 6.95. The van der Waals surface area contributed by atoms with Crippen LogP contribution in [0.2, 0.25) is 0 Å². The van der Waals surface area contributed by atoms with Crippen LogP contribution < -0.4 is 5.32 Å². The average Bonchev–Trinajstić information content (AvgIpc) is 3.09. The van der Waals surface area contributed by atoms with Gasteiger partial charge in [0, 0.05) is 30.8 Å². The van der Waals surface area contributed by atoms with Crippen LogP contribution in [0.4, 0.5) is 14.5 Å². The lowest BCUT2D eigenvalue weighted by molar-refractivity contribution is 0.102. The summed E-state index contributed by atoms with van der Waals surface area (Å²) in [5.41, 5.74) is 2.60. The van der Waals surface area contributed by atoms with E-state index in [0.29, 0.717) is 23.5 Å².